The largest absolute Gasteiger partial charge is 0.450 e. The summed E-state index contributed by atoms with van der Waals surface area (Å²) in [6.07, 6.45) is 0.848. The van der Waals surface area contributed by atoms with Crippen LogP contribution < -0.4 is 20.5 Å². The van der Waals surface area contributed by atoms with Gasteiger partial charge >= 0.3 is 0 Å². The predicted octanol–water partition coefficient (Wildman–Crippen LogP) is 4.77. The molecule has 0 radical (unpaired) electrons. The van der Waals surface area contributed by atoms with Crippen LogP contribution >= 0.6 is 34.4 Å². The smallest absolute Gasteiger partial charge is 0.231 e. The van der Waals surface area contributed by atoms with Crippen LogP contribution in [0.4, 0.5) is 14.5 Å². The maximum atomic E-state index is 15.1. The van der Waals surface area contributed by atoms with E-state index in [0.717, 1.165) is 30.2 Å². The third-order valence-corrected chi connectivity index (χ3v) is 7.14. The van der Waals surface area contributed by atoms with Crippen LogP contribution in [0.3, 0.4) is 0 Å². The Morgan fingerprint density at radius 2 is 2.00 bits per heavy atom. The summed E-state index contributed by atoms with van der Waals surface area (Å²) in [5.41, 5.74) is 8.16. The van der Waals surface area contributed by atoms with Gasteiger partial charge in [0.25, 0.3) is 0 Å². The van der Waals surface area contributed by atoms with E-state index >= 15 is 4.39 Å². The van der Waals surface area contributed by atoms with E-state index in [0.29, 0.717) is 28.9 Å². The molecule has 6 nitrogen and oxygen atoms in total. The Morgan fingerprint density at radius 3 is 2.73 bits per heavy atom. The predicted molar refractivity (Wildman–Crippen MR) is 121 cm³/mol. The highest BCUT2D eigenvalue weighted by molar-refractivity contribution is 14.1. The third-order valence-electron chi connectivity index (χ3n) is 4.68. The molecular weight excluding hydrogens is 524 g/mol. The SMILES string of the molecule is CC(C)NCCCn1c(Sc2c(F)c3c(c([18F])c2I)OCO3)nc2c(N)cccc21. The number of nitrogen functional groups attached to an aromatic ring is 1. The standard InChI is InChI=1S/C20H21F2IN4O2S/c1-10(2)25-7-4-8-27-12-6-3-5-11(24)16(12)26-20(27)30-19-14(22)18-17(28-9-29-18)13(21)15(19)23/h3,5-6,10,25H,4,7-9,24H2,1-2H3/i21-1. The highest BCUT2D eigenvalue weighted by Gasteiger charge is 2.31. The molecule has 10 heteroatoms. The maximum absolute atomic E-state index is 15.1. The first kappa shape index (κ1) is 21.4. The molecule has 4 rings (SSSR count). The number of hydrogen-bond donors (Lipinski definition) is 2. The number of fused-ring (bicyclic) bond motifs is 2. The Labute approximate surface area is 190 Å². The molecule has 0 amide bonds. The van der Waals surface area contributed by atoms with Gasteiger partial charge in [-0.05, 0) is 59.5 Å². The number of anilines is 1. The van der Waals surface area contributed by atoms with Crippen LogP contribution in [-0.4, -0.2) is 28.9 Å². The number of ether oxygens (including phenoxy) is 2. The summed E-state index contributed by atoms with van der Waals surface area (Å²) in [4.78, 5) is 4.76. The molecule has 2 heterocycles. The van der Waals surface area contributed by atoms with Crippen molar-refractivity contribution in [2.75, 3.05) is 19.1 Å². The van der Waals surface area contributed by atoms with E-state index in [-0.39, 0.29) is 26.8 Å². The summed E-state index contributed by atoms with van der Waals surface area (Å²) < 4.78 is 42.1. The molecule has 0 bridgehead atoms. The van der Waals surface area contributed by atoms with Crippen molar-refractivity contribution in [3.05, 3.63) is 33.4 Å². The van der Waals surface area contributed by atoms with Gasteiger partial charge < -0.3 is 25.1 Å². The molecule has 30 heavy (non-hydrogen) atoms. The monoisotopic (exact) mass is 545 g/mol. The number of halogens is 3. The fraction of sp³-hybridized carbons (Fsp3) is 0.350. The average molecular weight is 545 g/mol. The topological polar surface area (TPSA) is 74.3 Å². The number of nitrogens with one attached hydrogen (secondary N) is 1. The first-order valence-electron chi connectivity index (χ1n) is 9.50. The first-order valence-corrected chi connectivity index (χ1v) is 11.4. The molecule has 2 aromatic carbocycles. The summed E-state index contributed by atoms with van der Waals surface area (Å²) in [5, 5.41) is 3.93. The van der Waals surface area contributed by atoms with Gasteiger partial charge in [0.2, 0.25) is 18.3 Å². The van der Waals surface area contributed by atoms with E-state index in [9.17, 15) is 4.39 Å². The summed E-state index contributed by atoms with van der Waals surface area (Å²) >= 11 is 2.85. The quantitative estimate of drug-likeness (QED) is 0.193. The zero-order valence-electron chi connectivity index (χ0n) is 16.5. The van der Waals surface area contributed by atoms with Crippen LogP contribution in [0, 0.1) is 15.2 Å². The van der Waals surface area contributed by atoms with E-state index in [4.69, 9.17) is 15.2 Å². The van der Waals surface area contributed by atoms with Crippen LogP contribution in [-0.2, 0) is 6.54 Å². The Kier molecular flexibility index (Phi) is 6.26. The molecule has 0 aliphatic carbocycles. The fourth-order valence-corrected chi connectivity index (χ4v) is 5.05. The number of nitrogens with zero attached hydrogens (tertiary/aromatic N) is 2. The van der Waals surface area contributed by atoms with E-state index in [1.165, 1.54) is 0 Å². The van der Waals surface area contributed by atoms with Crippen LogP contribution in [0.25, 0.3) is 11.0 Å². The lowest BCUT2D eigenvalue weighted by Crippen LogP contribution is -2.24. The minimum Gasteiger partial charge on any atom is -0.450 e. The molecule has 0 fully saturated rings. The van der Waals surface area contributed by atoms with Crippen molar-refractivity contribution in [3.8, 4) is 11.5 Å². The summed E-state index contributed by atoms with van der Waals surface area (Å²) in [7, 11) is 0. The molecule has 3 aromatic rings. The number of nitrogens with two attached hydrogens (primary N) is 1. The van der Waals surface area contributed by atoms with Crippen molar-refractivity contribution in [2.24, 2.45) is 0 Å². The number of benzene rings is 2. The molecule has 0 atom stereocenters. The van der Waals surface area contributed by atoms with Crippen LogP contribution in [0.15, 0.2) is 28.3 Å². The van der Waals surface area contributed by atoms with Crippen LogP contribution in [0.5, 0.6) is 11.5 Å². The second-order valence-corrected chi connectivity index (χ2v) is 9.22. The fourth-order valence-electron chi connectivity index (χ4n) is 3.25. The Balaban J connectivity index is 1.73. The number of aryl methyl sites for hydroxylation is 1. The van der Waals surface area contributed by atoms with Crippen LogP contribution in [0.2, 0.25) is 0 Å². The molecule has 1 aromatic heterocycles. The van der Waals surface area contributed by atoms with Gasteiger partial charge in [-0.2, -0.15) is 0 Å². The van der Waals surface area contributed by atoms with Crippen molar-refractivity contribution >= 4 is 51.1 Å². The number of aromatic nitrogens is 2. The minimum absolute atomic E-state index is 0.118. The molecular formula is C20H21F2IN4O2S. The van der Waals surface area contributed by atoms with Gasteiger partial charge in [-0.25, -0.2) is 13.8 Å². The van der Waals surface area contributed by atoms with Gasteiger partial charge in [-0.1, -0.05) is 19.9 Å². The zero-order chi connectivity index (χ0) is 21.4. The summed E-state index contributed by atoms with van der Waals surface area (Å²) in [5.74, 6) is -1.65. The minimum atomic E-state index is -0.647. The molecule has 3 N–H and O–H groups in total. The Hall–Kier alpha value is -1.79. The van der Waals surface area contributed by atoms with E-state index in [1.54, 1.807) is 28.7 Å². The van der Waals surface area contributed by atoms with Crippen LogP contribution in [0.1, 0.15) is 20.3 Å². The normalized spacial score (nSPS) is 13.0. The van der Waals surface area contributed by atoms with Crippen molar-refractivity contribution in [1.82, 2.24) is 14.9 Å². The summed E-state index contributed by atoms with van der Waals surface area (Å²) in [6, 6.07) is 5.96. The van der Waals surface area contributed by atoms with Gasteiger partial charge in [0.05, 0.1) is 19.7 Å². The van der Waals surface area contributed by atoms with Crippen molar-refractivity contribution in [2.45, 2.75) is 42.9 Å². The third kappa shape index (κ3) is 3.92. The van der Waals surface area contributed by atoms with E-state index < -0.39 is 11.6 Å². The van der Waals surface area contributed by atoms with E-state index in [1.807, 2.05) is 16.7 Å². The number of para-hydroxylation sites is 1. The second-order valence-electron chi connectivity index (χ2n) is 7.16. The highest BCUT2D eigenvalue weighted by atomic mass is 127. The molecule has 0 saturated carbocycles. The second kappa shape index (κ2) is 8.75. The molecule has 1 aliphatic heterocycles. The van der Waals surface area contributed by atoms with E-state index in [2.05, 4.69) is 24.1 Å². The van der Waals surface area contributed by atoms with Gasteiger partial charge in [0, 0.05) is 12.6 Å². The number of imidazole rings is 1. The van der Waals surface area contributed by atoms with Crippen molar-refractivity contribution in [1.29, 1.82) is 0 Å². The zero-order valence-corrected chi connectivity index (χ0v) is 19.4. The number of rotatable bonds is 7. The summed E-state index contributed by atoms with van der Waals surface area (Å²) in [6.45, 7) is 5.47. The lowest BCUT2D eigenvalue weighted by molar-refractivity contribution is 0.168. The molecule has 160 valence electrons. The lowest BCUT2D eigenvalue weighted by atomic mass is 10.2. The Bertz CT molecular complexity index is 1110. The van der Waals surface area contributed by atoms with Gasteiger partial charge in [-0.15, -0.1) is 0 Å². The average Bonchev–Trinajstić information content (AvgIpc) is 3.33. The van der Waals surface area contributed by atoms with Gasteiger partial charge in [-0.3, -0.25) is 0 Å². The molecule has 1 aliphatic rings. The molecule has 0 unspecified atom stereocenters. The molecule has 0 spiro atoms. The van der Waals surface area contributed by atoms with Gasteiger partial charge in [0.15, 0.2) is 16.8 Å². The van der Waals surface area contributed by atoms with Gasteiger partial charge in [0.1, 0.15) is 5.52 Å². The Morgan fingerprint density at radius 1 is 1.27 bits per heavy atom. The maximum Gasteiger partial charge on any atom is 0.231 e. The van der Waals surface area contributed by atoms with Crippen molar-refractivity contribution in [3.63, 3.8) is 0 Å². The first-order chi connectivity index (χ1) is 14.4. The lowest BCUT2D eigenvalue weighted by Gasteiger charge is -2.13. The molecule has 0 saturated heterocycles. The number of hydrogen-bond acceptors (Lipinski definition) is 6. The van der Waals surface area contributed by atoms with Crippen molar-refractivity contribution < 1.29 is 18.3 Å². The highest BCUT2D eigenvalue weighted by Crippen LogP contribution is 2.46.